The van der Waals surface area contributed by atoms with Crippen LogP contribution in [-0.2, 0) is 4.79 Å². The third-order valence-electron chi connectivity index (χ3n) is 5.24. The quantitative estimate of drug-likeness (QED) is 0.879. The third kappa shape index (κ3) is 3.38. The average Bonchev–Trinajstić information content (AvgIpc) is 2.97. The summed E-state index contributed by atoms with van der Waals surface area (Å²) >= 11 is 0. The zero-order chi connectivity index (χ0) is 18.4. The molecule has 0 spiro atoms. The van der Waals surface area contributed by atoms with Gasteiger partial charge in [-0.05, 0) is 48.8 Å². The second kappa shape index (κ2) is 6.17. The van der Waals surface area contributed by atoms with Crippen LogP contribution < -0.4 is 16.6 Å². The molecule has 1 aromatic carbocycles. The zero-order valence-electron chi connectivity index (χ0n) is 15.2. The standard InChI is InChI=1S/C19H25N3O3/c1-11(23)20-13-6-8-16-15(10-13)17(24)22(18(25)21-16)14-7-5-12(9-14)19(2,3)4/h6,8,10,12,14H,5,7,9H2,1-4H3,(H,20,23)(H,21,25). The highest BCUT2D eigenvalue weighted by Gasteiger charge is 2.35. The Bertz CT molecular complexity index is 934. The molecule has 1 heterocycles. The second-order valence-corrected chi connectivity index (χ2v) is 8.08. The molecule has 2 N–H and O–H groups in total. The van der Waals surface area contributed by atoms with Gasteiger partial charge in [0, 0.05) is 18.7 Å². The Morgan fingerprint density at radius 1 is 1.24 bits per heavy atom. The number of amides is 1. The van der Waals surface area contributed by atoms with Crippen molar-refractivity contribution < 1.29 is 4.79 Å². The molecule has 25 heavy (non-hydrogen) atoms. The minimum Gasteiger partial charge on any atom is -0.326 e. The van der Waals surface area contributed by atoms with Crippen LogP contribution in [0.15, 0.2) is 27.8 Å². The Labute approximate surface area is 146 Å². The summed E-state index contributed by atoms with van der Waals surface area (Å²) < 4.78 is 1.37. The molecule has 134 valence electrons. The summed E-state index contributed by atoms with van der Waals surface area (Å²) in [5.74, 6) is 0.290. The molecule has 1 saturated carbocycles. The molecule has 1 aromatic heterocycles. The van der Waals surface area contributed by atoms with E-state index < -0.39 is 0 Å². The van der Waals surface area contributed by atoms with Crippen molar-refractivity contribution in [3.8, 4) is 0 Å². The number of aromatic nitrogens is 2. The van der Waals surface area contributed by atoms with Crippen molar-refractivity contribution in [2.24, 2.45) is 11.3 Å². The first kappa shape index (κ1) is 17.5. The summed E-state index contributed by atoms with van der Waals surface area (Å²) in [5.41, 5.74) is 0.566. The van der Waals surface area contributed by atoms with Crippen LogP contribution in [0.1, 0.15) is 53.0 Å². The van der Waals surface area contributed by atoms with Crippen LogP contribution in [0.25, 0.3) is 10.9 Å². The van der Waals surface area contributed by atoms with E-state index in [1.54, 1.807) is 18.2 Å². The molecule has 0 saturated heterocycles. The van der Waals surface area contributed by atoms with Gasteiger partial charge in [-0.15, -0.1) is 0 Å². The molecule has 0 aliphatic heterocycles. The number of nitrogens with zero attached hydrogens (tertiary/aromatic N) is 1. The van der Waals surface area contributed by atoms with Crippen molar-refractivity contribution in [2.45, 2.75) is 53.0 Å². The molecule has 0 radical (unpaired) electrons. The average molecular weight is 343 g/mol. The van der Waals surface area contributed by atoms with E-state index in [9.17, 15) is 14.4 Å². The van der Waals surface area contributed by atoms with Gasteiger partial charge in [0.15, 0.2) is 0 Å². The molecule has 2 unspecified atom stereocenters. The van der Waals surface area contributed by atoms with E-state index in [0.717, 1.165) is 19.3 Å². The first-order valence-electron chi connectivity index (χ1n) is 8.73. The number of aromatic amines is 1. The lowest BCUT2D eigenvalue weighted by Gasteiger charge is -2.27. The molecular formula is C19H25N3O3. The maximum atomic E-state index is 13.0. The predicted molar refractivity (Wildman–Crippen MR) is 99.0 cm³/mol. The Balaban J connectivity index is 2.05. The van der Waals surface area contributed by atoms with Crippen molar-refractivity contribution in [2.75, 3.05) is 5.32 Å². The monoisotopic (exact) mass is 343 g/mol. The van der Waals surface area contributed by atoms with Crippen LogP contribution in [-0.4, -0.2) is 15.5 Å². The maximum Gasteiger partial charge on any atom is 0.329 e. The number of rotatable bonds is 2. The summed E-state index contributed by atoms with van der Waals surface area (Å²) in [6.07, 6.45) is 2.69. The van der Waals surface area contributed by atoms with Gasteiger partial charge in [0.25, 0.3) is 5.56 Å². The minimum atomic E-state index is -0.357. The van der Waals surface area contributed by atoms with Crippen molar-refractivity contribution >= 4 is 22.5 Å². The van der Waals surface area contributed by atoms with Gasteiger partial charge in [0.1, 0.15) is 0 Å². The molecule has 1 aliphatic rings. The highest BCUT2D eigenvalue weighted by molar-refractivity contribution is 5.91. The predicted octanol–water partition coefficient (Wildman–Crippen LogP) is 3.04. The van der Waals surface area contributed by atoms with Crippen LogP contribution in [0.5, 0.6) is 0 Å². The molecule has 1 amide bonds. The normalized spacial score (nSPS) is 20.8. The number of carbonyl (C=O) groups is 1. The van der Waals surface area contributed by atoms with Gasteiger partial charge in [-0.25, -0.2) is 4.79 Å². The van der Waals surface area contributed by atoms with Crippen molar-refractivity contribution in [1.29, 1.82) is 0 Å². The van der Waals surface area contributed by atoms with Crippen molar-refractivity contribution in [3.05, 3.63) is 39.0 Å². The summed E-state index contributed by atoms with van der Waals surface area (Å²) in [7, 11) is 0. The first-order chi connectivity index (χ1) is 11.7. The van der Waals surface area contributed by atoms with Crippen LogP contribution >= 0.6 is 0 Å². The van der Waals surface area contributed by atoms with Gasteiger partial charge < -0.3 is 10.3 Å². The molecule has 0 bridgehead atoms. The van der Waals surface area contributed by atoms with Crippen LogP contribution in [0, 0.1) is 11.3 Å². The van der Waals surface area contributed by atoms with E-state index >= 15 is 0 Å². The third-order valence-corrected chi connectivity index (χ3v) is 5.24. The van der Waals surface area contributed by atoms with Gasteiger partial charge in [0.2, 0.25) is 5.91 Å². The molecule has 1 aliphatic carbocycles. The first-order valence-corrected chi connectivity index (χ1v) is 8.73. The number of fused-ring (bicyclic) bond motifs is 1. The maximum absolute atomic E-state index is 13.0. The Morgan fingerprint density at radius 3 is 2.56 bits per heavy atom. The zero-order valence-corrected chi connectivity index (χ0v) is 15.2. The smallest absolute Gasteiger partial charge is 0.326 e. The lowest BCUT2D eigenvalue weighted by molar-refractivity contribution is -0.114. The SMILES string of the molecule is CC(=O)Nc1ccc2[nH]c(=O)n(C3CCC(C(C)(C)C)C3)c(=O)c2c1. The van der Waals surface area contributed by atoms with E-state index in [2.05, 4.69) is 31.1 Å². The highest BCUT2D eigenvalue weighted by Crippen LogP contribution is 2.43. The van der Waals surface area contributed by atoms with Crippen LogP contribution in [0.2, 0.25) is 0 Å². The van der Waals surface area contributed by atoms with Crippen LogP contribution in [0.4, 0.5) is 5.69 Å². The fraction of sp³-hybridized carbons (Fsp3) is 0.526. The summed E-state index contributed by atoms with van der Waals surface area (Å²) in [5, 5.41) is 3.10. The number of anilines is 1. The van der Waals surface area contributed by atoms with E-state index in [1.165, 1.54) is 11.5 Å². The van der Waals surface area contributed by atoms with E-state index in [0.29, 0.717) is 22.5 Å². The minimum absolute atomic E-state index is 0.0747. The lowest BCUT2D eigenvalue weighted by atomic mass is 9.80. The Kier molecular flexibility index (Phi) is 4.31. The van der Waals surface area contributed by atoms with Gasteiger partial charge in [0.05, 0.1) is 10.9 Å². The molecule has 3 rings (SSSR count). The Hall–Kier alpha value is -2.37. The number of hydrogen-bond donors (Lipinski definition) is 2. The number of carbonyl (C=O) groups excluding carboxylic acids is 1. The van der Waals surface area contributed by atoms with Crippen LogP contribution in [0.3, 0.4) is 0 Å². The largest absolute Gasteiger partial charge is 0.329 e. The van der Waals surface area contributed by atoms with Gasteiger partial charge >= 0.3 is 5.69 Å². The van der Waals surface area contributed by atoms with E-state index in [4.69, 9.17) is 0 Å². The number of hydrogen-bond acceptors (Lipinski definition) is 3. The molecule has 6 heteroatoms. The van der Waals surface area contributed by atoms with Crippen molar-refractivity contribution in [3.63, 3.8) is 0 Å². The highest BCUT2D eigenvalue weighted by atomic mass is 16.2. The Morgan fingerprint density at radius 2 is 1.96 bits per heavy atom. The number of nitrogens with one attached hydrogen (secondary N) is 2. The number of benzene rings is 1. The lowest BCUT2D eigenvalue weighted by Crippen LogP contribution is -2.37. The molecule has 1 fully saturated rings. The topological polar surface area (TPSA) is 84.0 Å². The van der Waals surface area contributed by atoms with Gasteiger partial charge in [-0.2, -0.15) is 0 Å². The van der Waals surface area contributed by atoms with Crippen molar-refractivity contribution in [1.82, 2.24) is 9.55 Å². The van der Waals surface area contributed by atoms with Gasteiger partial charge in [-0.1, -0.05) is 20.8 Å². The van der Waals surface area contributed by atoms with E-state index in [1.807, 2.05) is 0 Å². The summed E-state index contributed by atoms with van der Waals surface area (Å²) in [6, 6.07) is 4.88. The summed E-state index contributed by atoms with van der Waals surface area (Å²) in [6.45, 7) is 8.02. The fourth-order valence-corrected chi connectivity index (χ4v) is 3.82. The molecule has 2 atom stereocenters. The van der Waals surface area contributed by atoms with E-state index in [-0.39, 0.29) is 28.6 Å². The molecule has 2 aromatic rings. The number of H-pyrrole nitrogens is 1. The van der Waals surface area contributed by atoms with Gasteiger partial charge in [-0.3, -0.25) is 14.2 Å². The summed E-state index contributed by atoms with van der Waals surface area (Å²) in [4.78, 5) is 39.5. The molecule has 6 nitrogen and oxygen atoms in total. The fourth-order valence-electron chi connectivity index (χ4n) is 3.82. The molecular weight excluding hydrogens is 318 g/mol. The second-order valence-electron chi connectivity index (χ2n) is 8.08.